The number of urea groups is 1. The average Bonchev–Trinajstić information content (AvgIpc) is 2.77. The van der Waals surface area contributed by atoms with Crippen LogP contribution in [-0.4, -0.2) is 65.8 Å². The number of unbranched alkanes of at least 4 members (excludes halogenated alkanes) is 3. The number of amides is 3. The molecule has 0 saturated carbocycles. The fraction of sp³-hybridized carbons (Fsp3) is 0.769. The molecule has 0 spiro atoms. The summed E-state index contributed by atoms with van der Waals surface area (Å²) in [6, 6.07) is -0.580. The molecule has 2 atom stereocenters. The van der Waals surface area contributed by atoms with Gasteiger partial charge in [0, 0.05) is 20.6 Å². The highest BCUT2D eigenvalue weighted by Gasteiger charge is 2.48. The van der Waals surface area contributed by atoms with Gasteiger partial charge in [0.1, 0.15) is 0 Å². The van der Waals surface area contributed by atoms with E-state index in [1.807, 2.05) is 7.05 Å². The molecule has 6 heteroatoms. The molecule has 6 nitrogen and oxygen atoms in total. The number of fused-ring (bicyclic) bond motifs is 1. The minimum absolute atomic E-state index is 0.121. The Morgan fingerprint density at radius 3 is 2.63 bits per heavy atom. The molecule has 106 valence electrons. The molecule has 2 aliphatic rings. The topological polar surface area (TPSA) is 56.2 Å². The van der Waals surface area contributed by atoms with Gasteiger partial charge in [-0.1, -0.05) is 26.2 Å². The van der Waals surface area contributed by atoms with Crippen LogP contribution in [0.15, 0.2) is 4.99 Å². The van der Waals surface area contributed by atoms with Crippen molar-refractivity contribution in [2.45, 2.75) is 44.8 Å². The fourth-order valence-corrected chi connectivity index (χ4v) is 2.61. The van der Waals surface area contributed by atoms with E-state index in [2.05, 4.69) is 11.9 Å². The van der Waals surface area contributed by atoms with Crippen molar-refractivity contribution in [3.8, 4) is 0 Å². The van der Waals surface area contributed by atoms with Crippen LogP contribution in [0, 0.1) is 0 Å². The van der Waals surface area contributed by atoms with Gasteiger partial charge >= 0.3 is 6.03 Å². The molecule has 1 fully saturated rings. The summed E-state index contributed by atoms with van der Waals surface area (Å²) in [7, 11) is 3.53. The molecule has 1 saturated heterocycles. The standard InChI is InChI=1S/C13H22N4O2/c1-4-5-6-7-8-17-12(18)10-11(14-9-15(10)2)16(3)13(17)19/h9-11H,4-8H2,1-3H3. The van der Waals surface area contributed by atoms with E-state index in [4.69, 9.17) is 0 Å². The van der Waals surface area contributed by atoms with Crippen molar-refractivity contribution in [1.82, 2.24) is 14.7 Å². The predicted octanol–water partition coefficient (Wildman–Crippen LogP) is 1.13. The first-order valence-electron chi connectivity index (χ1n) is 6.91. The van der Waals surface area contributed by atoms with E-state index in [9.17, 15) is 9.59 Å². The van der Waals surface area contributed by atoms with Gasteiger partial charge in [0.25, 0.3) is 5.91 Å². The van der Waals surface area contributed by atoms with Gasteiger partial charge in [-0.2, -0.15) is 0 Å². The summed E-state index contributed by atoms with van der Waals surface area (Å²) in [5.41, 5.74) is 0. The maximum atomic E-state index is 12.4. The number of rotatable bonds is 5. The lowest BCUT2D eigenvalue weighted by Crippen LogP contribution is -2.64. The second-order valence-corrected chi connectivity index (χ2v) is 5.23. The summed E-state index contributed by atoms with van der Waals surface area (Å²) in [4.78, 5) is 33.5. The average molecular weight is 266 g/mol. The maximum Gasteiger partial charge on any atom is 0.328 e. The minimum atomic E-state index is -0.364. The molecule has 0 radical (unpaired) electrons. The Bertz CT molecular complexity index is 396. The number of aliphatic imine (C=N–C) groups is 1. The van der Waals surface area contributed by atoms with Gasteiger partial charge < -0.3 is 9.80 Å². The highest BCUT2D eigenvalue weighted by atomic mass is 16.2. The fourth-order valence-electron chi connectivity index (χ4n) is 2.61. The van der Waals surface area contributed by atoms with E-state index in [0.717, 1.165) is 25.7 Å². The summed E-state index contributed by atoms with van der Waals surface area (Å²) in [5.74, 6) is -0.121. The Morgan fingerprint density at radius 2 is 1.95 bits per heavy atom. The van der Waals surface area contributed by atoms with Gasteiger partial charge in [-0.25, -0.2) is 9.79 Å². The highest BCUT2D eigenvalue weighted by Crippen LogP contribution is 2.24. The third-order valence-electron chi connectivity index (χ3n) is 3.81. The molecule has 2 rings (SSSR count). The first-order chi connectivity index (χ1) is 9.07. The molecule has 0 bridgehead atoms. The van der Waals surface area contributed by atoms with E-state index in [1.165, 1.54) is 4.90 Å². The Balaban J connectivity index is 2.03. The molecular weight excluding hydrogens is 244 g/mol. The van der Waals surface area contributed by atoms with Crippen LogP contribution in [0.3, 0.4) is 0 Å². The molecule has 0 N–H and O–H groups in total. The van der Waals surface area contributed by atoms with Crippen LogP contribution in [0.1, 0.15) is 32.6 Å². The normalized spacial score (nSPS) is 26.4. The molecule has 2 aliphatic heterocycles. The third-order valence-corrected chi connectivity index (χ3v) is 3.81. The van der Waals surface area contributed by atoms with E-state index >= 15 is 0 Å². The smallest absolute Gasteiger partial charge is 0.328 e. The van der Waals surface area contributed by atoms with Gasteiger partial charge in [0.2, 0.25) is 0 Å². The molecule has 0 aromatic heterocycles. The van der Waals surface area contributed by atoms with Crippen LogP contribution < -0.4 is 0 Å². The van der Waals surface area contributed by atoms with Crippen LogP contribution in [-0.2, 0) is 4.79 Å². The first kappa shape index (κ1) is 13.8. The molecule has 19 heavy (non-hydrogen) atoms. The third kappa shape index (κ3) is 2.43. The summed E-state index contributed by atoms with van der Waals surface area (Å²) >= 11 is 0. The zero-order valence-corrected chi connectivity index (χ0v) is 11.9. The minimum Gasteiger partial charge on any atom is -0.351 e. The highest BCUT2D eigenvalue weighted by molar-refractivity contribution is 6.01. The Labute approximate surface area is 114 Å². The van der Waals surface area contributed by atoms with Crippen molar-refractivity contribution in [2.75, 3.05) is 20.6 Å². The van der Waals surface area contributed by atoms with E-state index < -0.39 is 0 Å². The number of nitrogens with zero attached hydrogens (tertiary/aromatic N) is 4. The lowest BCUT2D eigenvalue weighted by Gasteiger charge is -2.40. The van der Waals surface area contributed by atoms with Crippen LogP contribution in [0.4, 0.5) is 4.79 Å². The van der Waals surface area contributed by atoms with Gasteiger partial charge in [-0.3, -0.25) is 9.69 Å². The molecule has 0 aromatic carbocycles. The van der Waals surface area contributed by atoms with Gasteiger partial charge in [0.05, 0.1) is 6.34 Å². The quantitative estimate of drug-likeness (QED) is 0.701. The SMILES string of the molecule is CCCCCCN1C(=O)C2C(N=CN2C)N(C)C1=O. The summed E-state index contributed by atoms with van der Waals surface area (Å²) in [6.07, 6.45) is 5.48. The zero-order valence-electron chi connectivity index (χ0n) is 11.9. The molecule has 2 heterocycles. The van der Waals surface area contributed by atoms with Crippen molar-refractivity contribution in [2.24, 2.45) is 4.99 Å². The van der Waals surface area contributed by atoms with Crippen LogP contribution in [0.5, 0.6) is 0 Å². The molecule has 3 amide bonds. The van der Waals surface area contributed by atoms with Crippen molar-refractivity contribution < 1.29 is 9.59 Å². The number of carbonyl (C=O) groups is 2. The van der Waals surface area contributed by atoms with E-state index in [0.29, 0.717) is 6.54 Å². The monoisotopic (exact) mass is 266 g/mol. The lowest BCUT2D eigenvalue weighted by molar-refractivity contribution is -0.137. The number of likely N-dealkylation sites (N-methyl/N-ethyl adjacent to an activating group) is 2. The van der Waals surface area contributed by atoms with E-state index in [-0.39, 0.29) is 24.1 Å². The largest absolute Gasteiger partial charge is 0.351 e. The second kappa shape index (κ2) is 5.59. The summed E-state index contributed by atoms with van der Waals surface area (Å²) in [5, 5.41) is 0. The first-order valence-corrected chi connectivity index (χ1v) is 6.91. The summed E-state index contributed by atoms with van der Waals surface area (Å²) in [6.45, 7) is 2.65. The maximum absolute atomic E-state index is 12.4. The Kier molecular flexibility index (Phi) is 4.07. The second-order valence-electron chi connectivity index (χ2n) is 5.23. The van der Waals surface area contributed by atoms with Gasteiger partial charge in [0.15, 0.2) is 12.2 Å². The number of imide groups is 1. The Morgan fingerprint density at radius 1 is 1.21 bits per heavy atom. The van der Waals surface area contributed by atoms with Crippen molar-refractivity contribution in [1.29, 1.82) is 0 Å². The number of carbonyl (C=O) groups excluding carboxylic acids is 2. The van der Waals surface area contributed by atoms with E-state index in [1.54, 1.807) is 23.2 Å². The van der Waals surface area contributed by atoms with Crippen molar-refractivity contribution in [3.63, 3.8) is 0 Å². The molecular formula is C13H22N4O2. The zero-order chi connectivity index (χ0) is 14.0. The Hall–Kier alpha value is -1.59. The van der Waals surface area contributed by atoms with Gasteiger partial charge in [-0.05, 0) is 6.42 Å². The molecule has 0 aromatic rings. The number of hydrogen-bond donors (Lipinski definition) is 0. The molecule has 0 aliphatic carbocycles. The number of hydrogen-bond acceptors (Lipinski definition) is 4. The van der Waals surface area contributed by atoms with Crippen molar-refractivity contribution >= 4 is 18.3 Å². The lowest BCUT2D eigenvalue weighted by atomic mass is 10.1. The van der Waals surface area contributed by atoms with Crippen LogP contribution in [0.25, 0.3) is 0 Å². The molecule has 2 unspecified atom stereocenters. The van der Waals surface area contributed by atoms with Crippen LogP contribution >= 0.6 is 0 Å². The van der Waals surface area contributed by atoms with Gasteiger partial charge in [-0.15, -0.1) is 0 Å². The van der Waals surface area contributed by atoms with Crippen molar-refractivity contribution in [3.05, 3.63) is 0 Å². The summed E-state index contributed by atoms with van der Waals surface area (Å²) < 4.78 is 0. The van der Waals surface area contributed by atoms with Crippen LogP contribution in [0.2, 0.25) is 0 Å². The predicted molar refractivity (Wildman–Crippen MR) is 72.8 cm³/mol.